The number of anilines is 2. The molecule has 94 valence electrons. The van der Waals surface area contributed by atoms with E-state index in [1.165, 1.54) is 0 Å². The van der Waals surface area contributed by atoms with Crippen LogP contribution in [-0.4, -0.2) is 50.2 Å². The van der Waals surface area contributed by atoms with Crippen molar-refractivity contribution in [3.63, 3.8) is 0 Å². The van der Waals surface area contributed by atoms with Crippen LogP contribution in [0.4, 0.5) is 11.4 Å². The van der Waals surface area contributed by atoms with E-state index in [1.807, 2.05) is 30.9 Å². The summed E-state index contributed by atoms with van der Waals surface area (Å²) in [6.07, 6.45) is 0. The maximum atomic E-state index is 11.1. The van der Waals surface area contributed by atoms with Crippen LogP contribution in [0.5, 0.6) is 0 Å². The summed E-state index contributed by atoms with van der Waals surface area (Å²) >= 11 is 0. The Kier molecular flexibility index (Phi) is 4.34. The third kappa shape index (κ3) is 3.35. The first-order valence-electron chi connectivity index (χ1n) is 5.41. The fourth-order valence-electron chi connectivity index (χ4n) is 1.62. The largest absolute Gasteiger partial charge is 0.478 e. The lowest BCUT2D eigenvalue weighted by atomic mass is 10.1. The average molecular weight is 237 g/mol. The molecule has 5 heteroatoms. The molecule has 0 aliphatic rings. The van der Waals surface area contributed by atoms with Crippen LogP contribution in [-0.2, 0) is 0 Å². The van der Waals surface area contributed by atoms with Crippen LogP contribution in [0.2, 0.25) is 0 Å². The van der Waals surface area contributed by atoms with E-state index in [9.17, 15) is 4.79 Å². The minimum atomic E-state index is -0.955. The van der Waals surface area contributed by atoms with Crippen LogP contribution in [0.25, 0.3) is 0 Å². The van der Waals surface area contributed by atoms with Gasteiger partial charge in [0, 0.05) is 20.1 Å². The third-order valence-electron chi connectivity index (χ3n) is 2.56. The van der Waals surface area contributed by atoms with E-state index in [0.29, 0.717) is 11.4 Å². The van der Waals surface area contributed by atoms with E-state index in [4.69, 9.17) is 10.8 Å². The number of carboxylic acids is 1. The Bertz CT molecular complexity index is 405. The molecule has 5 nitrogen and oxygen atoms in total. The molecule has 0 saturated carbocycles. The molecule has 0 atom stereocenters. The fraction of sp³-hybridized carbons (Fsp3) is 0.417. The van der Waals surface area contributed by atoms with Crippen LogP contribution in [0.1, 0.15) is 10.4 Å². The first-order chi connectivity index (χ1) is 7.93. The van der Waals surface area contributed by atoms with Gasteiger partial charge in [-0.15, -0.1) is 0 Å². The predicted octanol–water partition coefficient (Wildman–Crippen LogP) is 0.965. The van der Waals surface area contributed by atoms with Gasteiger partial charge in [-0.3, -0.25) is 0 Å². The summed E-state index contributed by atoms with van der Waals surface area (Å²) in [6.45, 7) is 1.56. The monoisotopic (exact) mass is 237 g/mol. The van der Waals surface area contributed by atoms with Crippen LogP contribution in [0, 0.1) is 0 Å². The first-order valence-corrected chi connectivity index (χ1v) is 5.41. The minimum absolute atomic E-state index is 0.242. The lowest BCUT2D eigenvalue weighted by Crippen LogP contribution is -2.30. The maximum absolute atomic E-state index is 11.1. The molecule has 0 radical (unpaired) electrons. The van der Waals surface area contributed by atoms with Crippen molar-refractivity contribution in [1.29, 1.82) is 0 Å². The van der Waals surface area contributed by atoms with Crippen LogP contribution >= 0.6 is 0 Å². The summed E-state index contributed by atoms with van der Waals surface area (Å²) in [7, 11) is 5.79. The van der Waals surface area contributed by atoms with Gasteiger partial charge < -0.3 is 20.6 Å². The van der Waals surface area contributed by atoms with E-state index >= 15 is 0 Å². The summed E-state index contributed by atoms with van der Waals surface area (Å²) in [4.78, 5) is 15.0. The zero-order chi connectivity index (χ0) is 13.0. The Balaban J connectivity index is 2.98. The number of carbonyl (C=O) groups is 1. The van der Waals surface area contributed by atoms with Gasteiger partial charge in [0.1, 0.15) is 0 Å². The van der Waals surface area contributed by atoms with E-state index in [2.05, 4.69) is 0 Å². The van der Waals surface area contributed by atoms with Crippen LogP contribution < -0.4 is 10.6 Å². The smallest absolute Gasteiger partial charge is 0.337 e. The molecular formula is C12H19N3O2. The number of likely N-dealkylation sites (N-methyl/N-ethyl adjacent to an activating group) is 2. The van der Waals surface area contributed by atoms with Gasteiger partial charge in [-0.1, -0.05) is 6.07 Å². The van der Waals surface area contributed by atoms with Gasteiger partial charge in [0.05, 0.1) is 16.9 Å². The van der Waals surface area contributed by atoms with Crippen LogP contribution in [0.3, 0.4) is 0 Å². The van der Waals surface area contributed by atoms with E-state index < -0.39 is 5.97 Å². The summed E-state index contributed by atoms with van der Waals surface area (Å²) in [5.74, 6) is -0.955. The molecule has 0 heterocycles. The Hall–Kier alpha value is -1.75. The van der Waals surface area contributed by atoms with Gasteiger partial charge in [-0.25, -0.2) is 4.79 Å². The van der Waals surface area contributed by atoms with Gasteiger partial charge in [-0.05, 0) is 26.2 Å². The van der Waals surface area contributed by atoms with Crippen molar-refractivity contribution in [2.24, 2.45) is 0 Å². The lowest BCUT2D eigenvalue weighted by molar-refractivity contribution is 0.0697. The summed E-state index contributed by atoms with van der Waals surface area (Å²) in [5, 5.41) is 9.12. The zero-order valence-electron chi connectivity index (χ0n) is 10.5. The Morgan fingerprint density at radius 1 is 1.29 bits per heavy atom. The highest BCUT2D eigenvalue weighted by Crippen LogP contribution is 2.26. The molecule has 1 rings (SSSR count). The minimum Gasteiger partial charge on any atom is -0.478 e. The molecule has 0 bridgehead atoms. The van der Waals surface area contributed by atoms with Crippen molar-refractivity contribution in [2.75, 3.05) is 44.9 Å². The number of carboxylic acid groups (broad SMARTS) is 1. The first kappa shape index (κ1) is 13.3. The number of para-hydroxylation sites is 1. The number of benzene rings is 1. The predicted molar refractivity (Wildman–Crippen MR) is 69.6 cm³/mol. The summed E-state index contributed by atoms with van der Waals surface area (Å²) < 4.78 is 0. The third-order valence-corrected chi connectivity index (χ3v) is 2.56. The van der Waals surface area contributed by atoms with Crippen molar-refractivity contribution in [3.8, 4) is 0 Å². The number of hydrogen-bond acceptors (Lipinski definition) is 4. The highest BCUT2D eigenvalue weighted by molar-refractivity contribution is 5.97. The fourth-order valence-corrected chi connectivity index (χ4v) is 1.62. The molecule has 0 fully saturated rings. The SMILES string of the molecule is CN(C)CCN(C)c1c(N)cccc1C(=O)O. The standard InChI is InChI=1S/C12H19N3O2/c1-14(2)7-8-15(3)11-9(12(16)17)5-4-6-10(11)13/h4-6H,7-8,13H2,1-3H3,(H,16,17). The Morgan fingerprint density at radius 2 is 1.94 bits per heavy atom. The topological polar surface area (TPSA) is 69.8 Å². The van der Waals surface area contributed by atoms with Gasteiger partial charge in [0.15, 0.2) is 0 Å². The number of nitrogens with two attached hydrogens (primary N) is 1. The van der Waals surface area contributed by atoms with Gasteiger partial charge >= 0.3 is 5.97 Å². The van der Waals surface area contributed by atoms with Crippen molar-refractivity contribution < 1.29 is 9.90 Å². The maximum Gasteiger partial charge on any atom is 0.337 e. The molecule has 0 aromatic heterocycles. The second-order valence-corrected chi connectivity index (χ2v) is 4.27. The van der Waals surface area contributed by atoms with Gasteiger partial charge in [0.2, 0.25) is 0 Å². The number of rotatable bonds is 5. The van der Waals surface area contributed by atoms with Gasteiger partial charge in [0.25, 0.3) is 0 Å². The summed E-state index contributed by atoms with van der Waals surface area (Å²) in [6, 6.07) is 4.94. The second kappa shape index (κ2) is 5.54. The van der Waals surface area contributed by atoms with E-state index in [-0.39, 0.29) is 5.56 Å². The highest BCUT2D eigenvalue weighted by atomic mass is 16.4. The molecule has 17 heavy (non-hydrogen) atoms. The average Bonchev–Trinajstić information content (AvgIpc) is 2.25. The quantitative estimate of drug-likeness (QED) is 0.747. The molecule has 0 amide bonds. The lowest BCUT2D eigenvalue weighted by Gasteiger charge is -2.24. The Morgan fingerprint density at radius 3 is 2.47 bits per heavy atom. The van der Waals surface area contributed by atoms with Crippen molar-refractivity contribution >= 4 is 17.3 Å². The summed E-state index contributed by atoms with van der Waals surface area (Å²) in [5.41, 5.74) is 7.17. The molecule has 0 spiro atoms. The number of hydrogen-bond donors (Lipinski definition) is 2. The van der Waals surface area contributed by atoms with Crippen molar-refractivity contribution in [3.05, 3.63) is 23.8 Å². The molecule has 3 N–H and O–H groups in total. The van der Waals surface area contributed by atoms with Crippen LogP contribution in [0.15, 0.2) is 18.2 Å². The molecule has 0 aliphatic carbocycles. The molecule has 1 aromatic carbocycles. The number of nitrogens with zero attached hydrogens (tertiary/aromatic N) is 2. The molecular weight excluding hydrogens is 218 g/mol. The molecule has 1 aromatic rings. The van der Waals surface area contributed by atoms with Crippen molar-refractivity contribution in [1.82, 2.24) is 4.90 Å². The molecule has 0 aliphatic heterocycles. The van der Waals surface area contributed by atoms with Crippen molar-refractivity contribution in [2.45, 2.75) is 0 Å². The Labute approximate surface area is 101 Å². The highest BCUT2D eigenvalue weighted by Gasteiger charge is 2.15. The number of aromatic carboxylic acids is 1. The normalized spacial score (nSPS) is 10.6. The number of nitrogen functional groups attached to an aromatic ring is 1. The molecule has 0 unspecified atom stereocenters. The zero-order valence-corrected chi connectivity index (χ0v) is 10.5. The molecule has 0 saturated heterocycles. The van der Waals surface area contributed by atoms with Gasteiger partial charge in [-0.2, -0.15) is 0 Å². The second-order valence-electron chi connectivity index (χ2n) is 4.27. The van der Waals surface area contributed by atoms with E-state index in [0.717, 1.165) is 13.1 Å². The van der Waals surface area contributed by atoms with E-state index in [1.54, 1.807) is 18.2 Å².